The molecular formula is C17H18ClN7O. The Bertz CT molecular complexity index is 944. The van der Waals surface area contributed by atoms with E-state index < -0.39 is 0 Å². The maximum Gasteiger partial charge on any atom is 0.260 e. The van der Waals surface area contributed by atoms with Crippen LogP contribution in [0.15, 0.2) is 35.1 Å². The standard InChI is InChI=1S/C17H18ClN7O/c1-9(21-2)6-10(19)8-25-15-13(14(18)23-17(20)24-15)12(16(25)26)7-11-4-3-5-22-11/h3-7,22H,8,19H2,1-2H3,(H2,20,23,24)/b10-6-,12-7-,21-9?. The topological polar surface area (TPSA) is 126 Å². The number of H-pyrrole nitrogens is 1. The summed E-state index contributed by atoms with van der Waals surface area (Å²) in [6.45, 7) is 1.95. The first kappa shape index (κ1) is 17.7. The van der Waals surface area contributed by atoms with Gasteiger partial charge < -0.3 is 16.5 Å². The van der Waals surface area contributed by atoms with Gasteiger partial charge in [0, 0.05) is 30.3 Å². The van der Waals surface area contributed by atoms with Crippen molar-refractivity contribution in [2.75, 3.05) is 24.2 Å². The lowest BCUT2D eigenvalue weighted by atomic mass is 10.1. The van der Waals surface area contributed by atoms with Gasteiger partial charge in [0.25, 0.3) is 5.91 Å². The number of hydrogen-bond donors (Lipinski definition) is 3. The molecule has 0 aromatic carbocycles. The summed E-state index contributed by atoms with van der Waals surface area (Å²) in [6.07, 6.45) is 5.16. The van der Waals surface area contributed by atoms with E-state index in [-0.39, 0.29) is 23.6 Å². The molecule has 8 nitrogen and oxygen atoms in total. The van der Waals surface area contributed by atoms with Crippen LogP contribution >= 0.6 is 11.6 Å². The lowest BCUT2D eigenvalue weighted by molar-refractivity contribution is -0.112. The number of nitrogens with two attached hydrogens (primary N) is 2. The molecule has 3 rings (SSSR count). The van der Waals surface area contributed by atoms with E-state index in [0.717, 1.165) is 11.4 Å². The van der Waals surface area contributed by atoms with Crippen LogP contribution in [0.1, 0.15) is 18.2 Å². The summed E-state index contributed by atoms with van der Waals surface area (Å²) in [5.41, 5.74) is 14.6. The van der Waals surface area contributed by atoms with Crippen molar-refractivity contribution in [3.8, 4) is 0 Å². The summed E-state index contributed by atoms with van der Waals surface area (Å²) in [5, 5.41) is 0.120. The molecule has 0 aliphatic carbocycles. The Morgan fingerprint density at radius 3 is 2.88 bits per heavy atom. The number of aromatic amines is 1. The Kier molecular flexibility index (Phi) is 4.77. The van der Waals surface area contributed by atoms with Gasteiger partial charge in [0.2, 0.25) is 5.95 Å². The molecule has 0 spiro atoms. The predicted octanol–water partition coefficient (Wildman–Crippen LogP) is 1.86. The number of aromatic nitrogens is 3. The summed E-state index contributed by atoms with van der Waals surface area (Å²) in [6, 6.07) is 3.67. The monoisotopic (exact) mass is 371 g/mol. The first-order valence-electron chi connectivity index (χ1n) is 7.80. The zero-order chi connectivity index (χ0) is 18.8. The van der Waals surface area contributed by atoms with Gasteiger partial charge in [-0.2, -0.15) is 4.98 Å². The fraction of sp³-hybridized carbons (Fsp3) is 0.176. The first-order valence-corrected chi connectivity index (χ1v) is 8.18. The first-order chi connectivity index (χ1) is 12.4. The third-order valence-corrected chi connectivity index (χ3v) is 4.15. The second-order valence-electron chi connectivity index (χ2n) is 5.73. The maximum atomic E-state index is 13.0. The molecule has 1 aliphatic heterocycles. The smallest absolute Gasteiger partial charge is 0.260 e. The van der Waals surface area contributed by atoms with Crippen molar-refractivity contribution in [1.29, 1.82) is 0 Å². The SMILES string of the molecule is CN=C(C)/C=C(\N)CN1C(=O)/C(=C\c2ccc[nH]2)c2c(Cl)nc(N)nc21. The van der Waals surface area contributed by atoms with Gasteiger partial charge in [-0.1, -0.05) is 11.6 Å². The molecule has 0 radical (unpaired) electrons. The molecule has 0 atom stereocenters. The average molecular weight is 372 g/mol. The number of allylic oxidation sites excluding steroid dienone is 1. The quantitative estimate of drug-likeness (QED) is 0.429. The molecule has 5 N–H and O–H groups in total. The molecule has 0 saturated heterocycles. The molecule has 2 aromatic heterocycles. The van der Waals surface area contributed by atoms with Crippen LogP contribution in [0.3, 0.4) is 0 Å². The van der Waals surface area contributed by atoms with E-state index >= 15 is 0 Å². The van der Waals surface area contributed by atoms with E-state index in [1.165, 1.54) is 4.90 Å². The number of aliphatic imine (C=N–C) groups is 1. The predicted molar refractivity (Wildman–Crippen MR) is 104 cm³/mol. The van der Waals surface area contributed by atoms with Gasteiger partial charge in [-0.25, -0.2) is 4.98 Å². The molecule has 3 heterocycles. The number of carbonyl (C=O) groups excluding carboxylic acids is 1. The highest BCUT2D eigenvalue weighted by Crippen LogP contribution is 2.40. The average Bonchev–Trinajstić information content (AvgIpc) is 3.17. The van der Waals surface area contributed by atoms with Gasteiger partial charge in [-0.05, 0) is 31.2 Å². The van der Waals surface area contributed by atoms with Crippen molar-refractivity contribution in [3.63, 3.8) is 0 Å². The summed E-state index contributed by atoms with van der Waals surface area (Å²) in [5.74, 6) is 0.0492. The zero-order valence-corrected chi connectivity index (χ0v) is 15.1. The Balaban J connectivity index is 2.08. The van der Waals surface area contributed by atoms with Crippen molar-refractivity contribution in [1.82, 2.24) is 15.0 Å². The van der Waals surface area contributed by atoms with Crippen LogP contribution in [0, 0.1) is 0 Å². The number of amides is 1. The number of carbonyl (C=O) groups is 1. The van der Waals surface area contributed by atoms with Gasteiger partial charge >= 0.3 is 0 Å². The molecule has 134 valence electrons. The largest absolute Gasteiger partial charge is 0.401 e. The van der Waals surface area contributed by atoms with Crippen LogP contribution < -0.4 is 16.4 Å². The van der Waals surface area contributed by atoms with Crippen LogP contribution in [0.25, 0.3) is 11.6 Å². The minimum Gasteiger partial charge on any atom is -0.401 e. The van der Waals surface area contributed by atoms with Gasteiger partial charge in [0.1, 0.15) is 5.15 Å². The van der Waals surface area contributed by atoms with Crippen molar-refractivity contribution >= 4 is 46.6 Å². The lowest BCUT2D eigenvalue weighted by Crippen LogP contribution is -2.31. The van der Waals surface area contributed by atoms with E-state index in [1.807, 2.05) is 19.1 Å². The van der Waals surface area contributed by atoms with Crippen LogP contribution in [0.4, 0.5) is 11.8 Å². The Labute approximate surface area is 155 Å². The molecule has 1 amide bonds. The second-order valence-corrected chi connectivity index (χ2v) is 6.09. The number of fused-ring (bicyclic) bond motifs is 1. The molecule has 9 heteroatoms. The second kappa shape index (κ2) is 7.01. The molecule has 0 saturated carbocycles. The number of rotatable bonds is 4. The number of anilines is 2. The highest BCUT2D eigenvalue weighted by atomic mass is 35.5. The maximum absolute atomic E-state index is 13.0. The summed E-state index contributed by atoms with van der Waals surface area (Å²) in [4.78, 5) is 29.7. The van der Waals surface area contributed by atoms with E-state index in [2.05, 4.69) is 19.9 Å². The van der Waals surface area contributed by atoms with Crippen LogP contribution in [0.5, 0.6) is 0 Å². The Hall–Kier alpha value is -3.13. The van der Waals surface area contributed by atoms with Crippen molar-refractivity contribution < 1.29 is 4.79 Å². The summed E-state index contributed by atoms with van der Waals surface area (Å²) in [7, 11) is 1.67. The van der Waals surface area contributed by atoms with Crippen LogP contribution in [-0.4, -0.2) is 40.2 Å². The molecule has 26 heavy (non-hydrogen) atoms. The van der Waals surface area contributed by atoms with Gasteiger partial charge in [-0.3, -0.25) is 14.7 Å². The summed E-state index contributed by atoms with van der Waals surface area (Å²) >= 11 is 6.26. The Morgan fingerprint density at radius 1 is 1.46 bits per heavy atom. The van der Waals surface area contributed by atoms with Gasteiger partial charge in [-0.15, -0.1) is 0 Å². The zero-order valence-electron chi connectivity index (χ0n) is 14.3. The molecule has 2 aromatic rings. The van der Waals surface area contributed by atoms with E-state index in [0.29, 0.717) is 22.7 Å². The summed E-state index contributed by atoms with van der Waals surface area (Å²) < 4.78 is 0. The normalized spacial score (nSPS) is 16.5. The number of hydrogen-bond acceptors (Lipinski definition) is 6. The number of halogens is 1. The van der Waals surface area contributed by atoms with Crippen molar-refractivity contribution in [2.24, 2.45) is 10.7 Å². The lowest BCUT2D eigenvalue weighted by Gasteiger charge is -2.16. The third kappa shape index (κ3) is 3.31. The van der Waals surface area contributed by atoms with Crippen LogP contribution in [-0.2, 0) is 4.79 Å². The molecule has 0 unspecified atom stereocenters. The minimum absolute atomic E-state index is 0.0125. The fourth-order valence-electron chi connectivity index (χ4n) is 2.64. The number of nitrogens with one attached hydrogen (secondary N) is 1. The van der Waals surface area contributed by atoms with Gasteiger partial charge in [0.15, 0.2) is 5.82 Å². The molecule has 0 bridgehead atoms. The van der Waals surface area contributed by atoms with Crippen molar-refractivity contribution in [3.05, 3.63) is 46.5 Å². The highest BCUT2D eigenvalue weighted by molar-refractivity contribution is 6.41. The minimum atomic E-state index is -0.279. The van der Waals surface area contributed by atoms with Crippen molar-refractivity contribution in [2.45, 2.75) is 6.92 Å². The number of nitrogen functional groups attached to an aromatic ring is 1. The van der Waals surface area contributed by atoms with Crippen LogP contribution in [0.2, 0.25) is 5.15 Å². The third-order valence-electron chi connectivity index (χ3n) is 3.87. The molecular weight excluding hydrogens is 354 g/mol. The van der Waals surface area contributed by atoms with E-state index in [1.54, 1.807) is 25.4 Å². The van der Waals surface area contributed by atoms with Gasteiger partial charge in [0.05, 0.1) is 17.7 Å². The molecule has 0 fully saturated rings. The molecule has 1 aliphatic rings. The highest BCUT2D eigenvalue weighted by Gasteiger charge is 2.37. The number of nitrogens with zero attached hydrogens (tertiary/aromatic N) is 4. The van der Waals surface area contributed by atoms with E-state index in [9.17, 15) is 4.79 Å². The van der Waals surface area contributed by atoms with E-state index in [4.69, 9.17) is 23.1 Å². The fourth-order valence-corrected chi connectivity index (χ4v) is 2.92. The Morgan fingerprint density at radius 2 is 2.23 bits per heavy atom.